The second-order valence-corrected chi connectivity index (χ2v) is 6.08. The zero-order valence-electron chi connectivity index (χ0n) is 12.4. The van der Waals surface area contributed by atoms with E-state index in [9.17, 15) is 13.6 Å². The van der Waals surface area contributed by atoms with Crippen LogP contribution in [0.3, 0.4) is 0 Å². The fourth-order valence-electron chi connectivity index (χ4n) is 1.53. The first-order valence-electron chi connectivity index (χ1n) is 6.46. The molecular formula is C14H19ClF2N2O2. The van der Waals surface area contributed by atoms with Gasteiger partial charge < -0.3 is 15.4 Å². The summed E-state index contributed by atoms with van der Waals surface area (Å²) in [5.74, 6) is -1.54. The number of hydrogen-bond donors (Lipinski definition) is 2. The van der Waals surface area contributed by atoms with Gasteiger partial charge in [-0.25, -0.2) is 13.6 Å². The molecule has 4 nitrogen and oxygen atoms in total. The van der Waals surface area contributed by atoms with Crippen molar-refractivity contribution in [3.63, 3.8) is 0 Å². The number of carbonyl (C=O) groups is 1. The monoisotopic (exact) mass is 320 g/mol. The lowest BCUT2D eigenvalue weighted by molar-refractivity contribution is 0.0526. The maximum absolute atomic E-state index is 13.6. The third-order valence-corrected chi connectivity index (χ3v) is 2.65. The Balaban J connectivity index is 2.55. The molecular weight excluding hydrogens is 302 g/mol. The topological polar surface area (TPSA) is 50.4 Å². The Morgan fingerprint density at radius 3 is 2.52 bits per heavy atom. The molecule has 0 bridgehead atoms. The smallest absolute Gasteiger partial charge is 0.407 e. The lowest BCUT2D eigenvalue weighted by atomic mass is 10.2. The quantitative estimate of drug-likeness (QED) is 0.883. The highest BCUT2D eigenvalue weighted by molar-refractivity contribution is 6.33. The summed E-state index contributed by atoms with van der Waals surface area (Å²) >= 11 is 5.77. The Labute approximate surface area is 127 Å². The number of alkyl carbamates (subject to hydrolysis) is 1. The summed E-state index contributed by atoms with van der Waals surface area (Å²) in [6.45, 7) is 7.17. The third-order valence-electron chi connectivity index (χ3n) is 2.35. The maximum atomic E-state index is 13.6. The first-order valence-corrected chi connectivity index (χ1v) is 6.84. The van der Waals surface area contributed by atoms with Crippen LogP contribution in [0.4, 0.5) is 19.3 Å². The van der Waals surface area contributed by atoms with Crippen molar-refractivity contribution in [2.75, 3.05) is 11.9 Å². The van der Waals surface area contributed by atoms with Crippen molar-refractivity contribution in [2.45, 2.75) is 39.3 Å². The molecule has 118 valence electrons. The van der Waals surface area contributed by atoms with Gasteiger partial charge in [-0.3, -0.25) is 0 Å². The van der Waals surface area contributed by atoms with E-state index in [1.165, 1.54) is 0 Å². The van der Waals surface area contributed by atoms with E-state index in [-0.39, 0.29) is 23.3 Å². The molecule has 0 spiro atoms. The highest BCUT2D eigenvalue weighted by Gasteiger charge is 2.17. The molecule has 0 aliphatic carbocycles. The zero-order chi connectivity index (χ0) is 16.2. The summed E-state index contributed by atoms with van der Waals surface area (Å²) in [7, 11) is 0. The Kier molecular flexibility index (Phi) is 5.78. The van der Waals surface area contributed by atoms with E-state index in [1.54, 1.807) is 27.7 Å². The van der Waals surface area contributed by atoms with E-state index in [0.717, 1.165) is 12.1 Å². The Hall–Kier alpha value is -1.56. The van der Waals surface area contributed by atoms with E-state index in [2.05, 4.69) is 10.6 Å². The summed E-state index contributed by atoms with van der Waals surface area (Å²) in [4.78, 5) is 11.5. The van der Waals surface area contributed by atoms with Gasteiger partial charge in [0.1, 0.15) is 11.4 Å². The van der Waals surface area contributed by atoms with Crippen molar-refractivity contribution < 1.29 is 18.3 Å². The minimum atomic E-state index is -0.788. The molecule has 1 atom stereocenters. The van der Waals surface area contributed by atoms with E-state index in [4.69, 9.17) is 16.3 Å². The molecule has 1 rings (SSSR count). The van der Waals surface area contributed by atoms with Gasteiger partial charge in [0.05, 0.1) is 10.7 Å². The highest BCUT2D eigenvalue weighted by Crippen LogP contribution is 2.26. The minimum Gasteiger partial charge on any atom is -0.444 e. The standard InChI is InChI=1S/C14H19ClF2N2O2/c1-8(7-18-13(20)21-14(2,3)4)19-12-10(15)5-9(16)6-11(12)17/h5-6,8,19H,7H2,1-4H3,(H,18,20). The number of ether oxygens (including phenoxy) is 1. The number of halogens is 3. The van der Waals surface area contributed by atoms with Gasteiger partial charge in [0.25, 0.3) is 0 Å². The van der Waals surface area contributed by atoms with Crippen LogP contribution in [-0.2, 0) is 4.74 Å². The number of amides is 1. The molecule has 1 aromatic rings. The van der Waals surface area contributed by atoms with Gasteiger partial charge in [-0.2, -0.15) is 0 Å². The van der Waals surface area contributed by atoms with Crippen molar-refractivity contribution >= 4 is 23.4 Å². The van der Waals surface area contributed by atoms with Crippen molar-refractivity contribution in [3.05, 3.63) is 28.8 Å². The van der Waals surface area contributed by atoms with E-state index in [0.29, 0.717) is 0 Å². The summed E-state index contributed by atoms with van der Waals surface area (Å²) in [5.41, 5.74) is -0.593. The van der Waals surface area contributed by atoms with Gasteiger partial charge in [0, 0.05) is 18.7 Å². The maximum Gasteiger partial charge on any atom is 0.407 e. The number of anilines is 1. The van der Waals surface area contributed by atoms with Gasteiger partial charge in [-0.15, -0.1) is 0 Å². The molecule has 1 amide bonds. The van der Waals surface area contributed by atoms with Crippen LogP contribution < -0.4 is 10.6 Å². The van der Waals surface area contributed by atoms with Gasteiger partial charge in [-0.1, -0.05) is 11.6 Å². The summed E-state index contributed by atoms with van der Waals surface area (Å²) in [6, 6.07) is 1.43. The summed E-state index contributed by atoms with van der Waals surface area (Å²) < 4.78 is 31.6. The minimum absolute atomic E-state index is 0.00319. The molecule has 0 aliphatic rings. The molecule has 0 fully saturated rings. The second kappa shape index (κ2) is 6.93. The molecule has 7 heteroatoms. The average molecular weight is 321 g/mol. The number of nitrogens with one attached hydrogen (secondary N) is 2. The van der Waals surface area contributed by atoms with Crippen molar-refractivity contribution in [2.24, 2.45) is 0 Å². The van der Waals surface area contributed by atoms with E-state index < -0.39 is 23.3 Å². The van der Waals surface area contributed by atoms with Gasteiger partial charge in [0.2, 0.25) is 0 Å². The van der Waals surface area contributed by atoms with Crippen molar-refractivity contribution in [3.8, 4) is 0 Å². The molecule has 0 heterocycles. The molecule has 0 aliphatic heterocycles. The fourth-order valence-corrected chi connectivity index (χ4v) is 1.78. The lowest BCUT2D eigenvalue weighted by Crippen LogP contribution is -2.38. The second-order valence-electron chi connectivity index (χ2n) is 5.67. The number of carbonyl (C=O) groups excluding carboxylic acids is 1. The molecule has 0 saturated heterocycles. The molecule has 2 N–H and O–H groups in total. The van der Waals surface area contributed by atoms with Gasteiger partial charge in [0.15, 0.2) is 5.82 Å². The molecule has 0 aromatic heterocycles. The molecule has 21 heavy (non-hydrogen) atoms. The molecule has 0 saturated carbocycles. The molecule has 0 radical (unpaired) electrons. The van der Waals surface area contributed by atoms with Gasteiger partial charge in [-0.05, 0) is 33.8 Å². The molecule has 1 unspecified atom stereocenters. The zero-order valence-corrected chi connectivity index (χ0v) is 13.1. The third kappa shape index (κ3) is 6.16. The van der Waals surface area contributed by atoms with Crippen LogP contribution in [0.15, 0.2) is 12.1 Å². The average Bonchev–Trinajstić information content (AvgIpc) is 2.29. The highest BCUT2D eigenvalue weighted by atomic mass is 35.5. The van der Waals surface area contributed by atoms with Crippen LogP contribution in [0.5, 0.6) is 0 Å². The summed E-state index contributed by atoms with van der Waals surface area (Å²) in [5, 5.41) is 5.27. The Morgan fingerprint density at radius 1 is 1.38 bits per heavy atom. The van der Waals surface area contributed by atoms with Crippen LogP contribution in [0, 0.1) is 11.6 Å². The van der Waals surface area contributed by atoms with Crippen LogP contribution in [-0.4, -0.2) is 24.3 Å². The summed E-state index contributed by atoms with van der Waals surface area (Å²) in [6.07, 6.45) is -0.568. The van der Waals surface area contributed by atoms with E-state index >= 15 is 0 Å². The first kappa shape index (κ1) is 17.5. The van der Waals surface area contributed by atoms with E-state index in [1.807, 2.05) is 0 Å². The number of rotatable bonds is 4. The van der Waals surface area contributed by atoms with Crippen LogP contribution >= 0.6 is 11.6 Å². The Morgan fingerprint density at radius 2 is 2.00 bits per heavy atom. The van der Waals surface area contributed by atoms with Crippen molar-refractivity contribution in [1.29, 1.82) is 0 Å². The van der Waals surface area contributed by atoms with Crippen LogP contribution in [0.25, 0.3) is 0 Å². The predicted molar refractivity (Wildman–Crippen MR) is 78.7 cm³/mol. The largest absolute Gasteiger partial charge is 0.444 e. The van der Waals surface area contributed by atoms with Crippen molar-refractivity contribution in [1.82, 2.24) is 5.32 Å². The predicted octanol–water partition coefficient (Wildman–Crippen LogP) is 3.94. The van der Waals surface area contributed by atoms with Gasteiger partial charge >= 0.3 is 6.09 Å². The number of benzene rings is 1. The molecule has 1 aromatic carbocycles. The Bertz CT molecular complexity index is 495. The SMILES string of the molecule is CC(CNC(=O)OC(C)(C)C)Nc1c(F)cc(F)cc1Cl. The van der Waals surface area contributed by atoms with Crippen LogP contribution in [0.2, 0.25) is 5.02 Å². The van der Waals surface area contributed by atoms with Crippen LogP contribution in [0.1, 0.15) is 27.7 Å². The normalized spacial score (nSPS) is 12.7. The fraction of sp³-hybridized carbons (Fsp3) is 0.500. The first-order chi connectivity index (χ1) is 9.58. The number of hydrogen-bond acceptors (Lipinski definition) is 3. The lowest BCUT2D eigenvalue weighted by Gasteiger charge is -2.21.